The van der Waals surface area contributed by atoms with E-state index >= 15 is 0 Å². The summed E-state index contributed by atoms with van der Waals surface area (Å²) in [4.78, 5) is 17.4. The van der Waals surface area contributed by atoms with Gasteiger partial charge in [-0.25, -0.2) is 0 Å². The van der Waals surface area contributed by atoms with Gasteiger partial charge in [0.1, 0.15) is 6.04 Å². The molecule has 2 aromatic carbocycles. The minimum absolute atomic E-state index is 0.0518. The van der Waals surface area contributed by atoms with Crippen molar-refractivity contribution in [2.45, 2.75) is 33.4 Å². The largest absolute Gasteiger partial charge is 0.374 e. The Labute approximate surface area is 179 Å². The Morgan fingerprint density at radius 2 is 1.86 bits per heavy atom. The smallest absolute Gasteiger partial charge is 0.242 e. The molecule has 6 heteroatoms. The zero-order valence-corrected chi connectivity index (χ0v) is 18.3. The zero-order valence-electron chi connectivity index (χ0n) is 17.5. The summed E-state index contributed by atoms with van der Waals surface area (Å²) in [5, 5.41) is 6.95. The van der Waals surface area contributed by atoms with Crippen LogP contribution in [0.1, 0.15) is 25.0 Å². The highest BCUT2D eigenvalue weighted by Crippen LogP contribution is 2.24. The average Bonchev–Trinajstić information content (AvgIpc) is 2.74. The van der Waals surface area contributed by atoms with Gasteiger partial charge in [-0.1, -0.05) is 36.7 Å². The number of benzene rings is 2. The summed E-state index contributed by atoms with van der Waals surface area (Å²) in [5.41, 5.74) is 4.30. The Balaban J connectivity index is 1.55. The Bertz CT molecular complexity index is 833. The van der Waals surface area contributed by atoms with Gasteiger partial charge in [0.15, 0.2) is 0 Å². The maximum Gasteiger partial charge on any atom is 0.242 e. The lowest BCUT2D eigenvalue weighted by Gasteiger charge is -2.35. The van der Waals surface area contributed by atoms with Gasteiger partial charge in [0.25, 0.3) is 0 Å². The molecule has 1 fully saturated rings. The van der Waals surface area contributed by atoms with Crippen molar-refractivity contribution in [3.8, 4) is 0 Å². The van der Waals surface area contributed by atoms with Crippen molar-refractivity contribution in [3.05, 3.63) is 58.6 Å². The molecule has 1 aliphatic heterocycles. The first-order valence-corrected chi connectivity index (χ1v) is 10.7. The zero-order chi connectivity index (χ0) is 20.8. The van der Waals surface area contributed by atoms with Crippen molar-refractivity contribution in [1.29, 1.82) is 0 Å². The molecule has 1 heterocycles. The number of nitrogens with one attached hydrogen (secondary N) is 2. The number of piperazine rings is 1. The van der Waals surface area contributed by atoms with Crippen LogP contribution in [0, 0.1) is 6.92 Å². The molecule has 0 bridgehead atoms. The third-order valence-electron chi connectivity index (χ3n) is 5.57. The highest BCUT2D eigenvalue weighted by atomic mass is 35.5. The summed E-state index contributed by atoms with van der Waals surface area (Å²) in [6, 6.07) is 13.6. The molecule has 156 valence electrons. The van der Waals surface area contributed by atoms with Crippen molar-refractivity contribution >= 4 is 28.9 Å². The molecule has 1 aliphatic rings. The number of anilines is 2. The third-order valence-corrected chi connectivity index (χ3v) is 5.94. The van der Waals surface area contributed by atoms with Gasteiger partial charge in [-0.2, -0.15) is 0 Å². The van der Waals surface area contributed by atoms with Gasteiger partial charge in [-0.15, -0.1) is 0 Å². The number of carbonyl (C=O) groups excluding carboxylic acids is 1. The maximum atomic E-state index is 12.5. The van der Waals surface area contributed by atoms with E-state index in [2.05, 4.69) is 52.5 Å². The van der Waals surface area contributed by atoms with E-state index in [4.69, 9.17) is 11.6 Å². The van der Waals surface area contributed by atoms with Gasteiger partial charge in [0.2, 0.25) is 5.91 Å². The van der Waals surface area contributed by atoms with Gasteiger partial charge >= 0.3 is 0 Å². The minimum atomic E-state index is -0.338. The SMILES string of the molecule is CCN1CCN(c2ccc(N[C@@H](C)C(=O)NCc3ccccc3Cl)c(C)c2)CC1. The van der Waals surface area contributed by atoms with Crippen molar-refractivity contribution in [2.24, 2.45) is 0 Å². The number of carbonyl (C=O) groups is 1. The molecule has 3 rings (SSSR count). The van der Waals surface area contributed by atoms with Crippen molar-refractivity contribution in [2.75, 3.05) is 42.9 Å². The van der Waals surface area contributed by atoms with Crippen LogP contribution < -0.4 is 15.5 Å². The summed E-state index contributed by atoms with van der Waals surface area (Å²) in [6.07, 6.45) is 0. The molecule has 1 saturated heterocycles. The molecule has 0 aromatic heterocycles. The van der Waals surface area contributed by atoms with E-state index in [9.17, 15) is 4.79 Å². The van der Waals surface area contributed by atoms with Gasteiger partial charge in [-0.05, 0) is 55.8 Å². The summed E-state index contributed by atoms with van der Waals surface area (Å²) >= 11 is 6.16. The molecular weight excluding hydrogens is 384 g/mol. The lowest BCUT2D eigenvalue weighted by atomic mass is 10.1. The van der Waals surface area contributed by atoms with Crippen molar-refractivity contribution in [1.82, 2.24) is 10.2 Å². The van der Waals surface area contributed by atoms with E-state index in [1.54, 1.807) is 0 Å². The molecular formula is C23H31ClN4O. The number of hydrogen-bond acceptors (Lipinski definition) is 4. The third kappa shape index (κ3) is 5.64. The van der Waals surface area contributed by atoms with Crippen LogP contribution in [0.25, 0.3) is 0 Å². The van der Waals surface area contributed by atoms with E-state index in [1.165, 1.54) is 5.69 Å². The fraction of sp³-hybridized carbons (Fsp3) is 0.435. The van der Waals surface area contributed by atoms with Gasteiger partial charge < -0.3 is 20.4 Å². The number of rotatable bonds is 7. The van der Waals surface area contributed by atoms with E-state index < -0.39 is 0 Å². The molecule has 2 aromatic rings. The number of halogens is 1. The van der Waals surface area contributed by atoms with Crippen LogP contribution >= 0.6 is 11.6 Å². The molecule has 0 unspecified atom stereocenters. The Morgan fingerprint density at radius 1 is 1.14 bits per heavy atom. The van der Waals surface area contributed by atoms with Crippen LogP contribution in [0.15, 0.2) is 42.5 Å². The summed E-state index contributed by atoms with van der Waals surface area (Å²) in [6.45, 7) is 12.0. The van der Waals surface area contributed by atoms with Crippen molar-refractivity contribution < 1.29 is 4.79 Å². The Hall–Kier alpha value is -2.24. The fourth-order valence-electron chi connectivity index (χ4n) is 3.60. The molecule has 0 spiro atoms. The van der Waals surface area contributed by atoms with Crippen LogP contribution in [0.5, 0.6) is 0 Å². The van der Waals surface area contributed by atoms with Gasteiger partial charge in [-0.3, -0.25) is 4.79 Å². The molecule has 5 nitrogen and oxygen atoms in total. The lowest BCUT2D eigenvalue weighted by molar-refractivity contribution is -0.121. The van der Waals surface area contributed by atoms with Gasteiger partial charge in [0.05, 0.1) is 0 Å². The first kappa shape index (κ1) is 21.5. The molecule has 0 aliphatic carbocycles. The van der Waals surface area contributed by atoms with Gasteiger partial charge in [0, 0.05) is 49.1 Å². The second-order valence-corrected chi connectivity index (χ2v) is 8.00. The highest BCUT2D eigenvalue weighted by molar-refractivity contribution is 6.31. The van der Waals surface area contributed by atoms with E-state index in [-0.39, 0.29) is 11.9 Å². The number of amides is 1. The van der Waals surface area contributed by atoms with Crippen LogP contribution in [0.2, 0.25) is 5.02 Å². The molecule has 1 atom stereocenters. The predicted octanol–water partition coefficient (Wildman–Crippen LogP) is 3.91. The van der Waals surface area contributed by atoms with Crippen LogP contribution in [0.3, 0.4) is 0 Å². The first-order valence-electron chi connectivity index (χ1n) is 10.3. The standard InChI is InChI=1S/C23H31ClN4O/c1-4-27-11-13-28(14-12-27)20-9-10-22(17(2)15-20)26-18(3)23(29)25-16-19-7-5-6-8-21(19)24/h5-10,15,18,26H,4,11-14,16H2,1-3H3,(H,25,29)/t18-/m0/s1. The number of hydrogen-bond donors (Lipinski definition) is 2. The monoisotopic (exact) mass is 414 g/mol. The van der Waals surface area contributed by atoms with E-state index in [0.29, 0.717) is 11.6 Å². The number of aryl methyl sites for hydroxylation is 1. The normalized spacial score (nSPS) is 15.8. The Morgan fingerprint density at radius 3 is 2.52 bits per heavy atom. The summed E-state index contributed by atoms with van der Waals surface area (Å²) < 4.78 is 0. The maximum absolute atomic E-state index is 12.5. The lowest BCUT2D eigenvalue weighted by Crippen LogP contribution is -2.46. The van der Waals surface area contributed by atoms with Crippen LogP contribution in [-0.4, -0.2) is 49.6 Å². The molecule has 0 saturated carbocycles. The topological polar surface area (TPSA) is 47.6 Å². The van der Waals surface area contributed by atoms with Crippen LogP contribution in [-0.2, 0) is 11.3 Å². The number of likely N-dealkylation sites (N-methyl/N-ethyl adjacent to an activating group) is 1. The predicted molar refractivity (Wildman–Crippen MR) is 122 cm³/mol. The van der Waals surface area contributed by atoms with E-state index in [0.717, 1.165) is 49.5 Å². The second-order valence-electron chi connectivity index (χ2n) is 7.60. The highest BCUT2D eigenvalue weighted by Gasteiger charge is 2.18. The number of nitrogens with zero attached hydrogens (tertiary/aromatic N) is 2. The second kappa shape index (κ2) is 9.99. The van der Waals surface area contributed by atoms with Crippen molar-refractivity contribution in [3.63, 3.8) is 0 Å². The molecule has 1 amide bonds. The molecule has 2 N–H and O–H groups in total. The fourth-order valence-corrected chi connectivity index (χ4v) is 3.81. The average molecular weight is 415 g/mol. The summed E-state index contributed by atoms with van der Waals surface area (Å²) in [5.74, 6) is -0.0518. The molecule has 29 heavy (non-hydrogen) atoms. The quantitative estimate of drug-likeness (QED) is 0.721. The van der Waals surface area contributed by atoms with E-state index in [1.807, 2.05) is 31.2 Å². The summed E-state index contributed by atoms with van der Waals surface area (Å²) in [7, 11) is 0. The Kier molecular flexibility index (Phi) is 7.40. The van der Waals surface area contributed by atoms with Crippen LogP contribution in [0.4, 0.5) is 11.4 Å². The first-order chi connectivity index (χ1) is 14.0. The molecule has 0 radical (unpaired) electrons. The minimum Gasteiger partial charge on any atom is -0.374 e.